The van der Waals surface area contributed by atoms with E-state index in [1.807, 2.05) is 55.6 Å². The zero-order valence-electron chi connectivity index (χ0n) is 27.7. The lowest BCUT2D eigenvalue weighted by Crippen LogP contribution is -2.43. The van der Waals surface area contributed by atoms with E-state index in [1.165, 1.54) is 31.0 Å². The molecular formula is C37H48N2O5S3. The number of carbonyl (C=O) groups excluding carboxylic acids is 1. The van der Waals surface area contributed by atoms with Crippen LogP contribution >= 0.6 is 23.5 Å². The largest absolute Gasteiger partial charge is 0.480 e. The van der Waals surface area contributed by atoms with Gasteiger partial charge in [0.2, 0.25) is 10.0 Å². The molecular weight excluding hydrogens is 649 g/mol. The van der Waals surface area contributed by atoms with Gasteiger partial charge in [0.05, 0.1) is 4.90 Å². The molecule has 3 aromatic carbocycles. The summed E-state index contributed by atoms with van der Waals surface area (Å²) < 4.78 is 30.6. The lowest BCUT2D eigenvalue weighted by atomic mass is 9.85. The smallest absolute Gasteiger partial charge is 0.326 e. The number of nitrogens with zero attached hydrogens (tertiary/aromatic N) is 1. The summed E-state index contributed by atoms with van der Waals surface area (Å²) in [5, 5.41) is 12.5. The normalized spacial score (nSPS) is 15.3. The summed E-state index contributed by atoms with van der Waals surface area (Å²) in [6, 6.07) is 20.6. The SMILES string of the molecule is CCSCC(CC1CCCCC1)N(Cc1ccc(C(=O)N[C@@H](CCSC)C(=O)O)c(-c2ccccc2C)c1)S(=O)(=O)c1ccccc1. The third kappa shape index (κ3) is 10.1. The van der Waals surface area contributed by atoms with Crippen LogP contribution in [-0.2, 0) is 21.4 Å². The maximum Gasteiger partial charge on any atom is 0.326 e. The number of carboxylic acids is 1. The van der Waals surface area contributed by atoms with E-state index < -0.39 is 27.9 Å². The van der Waals surface area contributed by atoms with Crippen LogP contribution in [0.15, 0.2) is 77.7 Å². The van der Waals surface area contributed by atoms with Gasteiger partial charge in [-0.05, 0) is 90.0 Å². The van der Waals surface area contributed by atoms with Gasteiger partial charge in [-0.15, -0.1) is 0 Å². The number of sulfonamides is 1. The molecule has 0 saturated heterocycles. The summed E-state index contributed by atoms with van der Waals surface area (Å²) in [6.45, 7) is 4.23. The number of nitrogens with one attached hydrogen (secondary N) is 1. The number of rotatable bonds is 17. The Morgan fingerprint density at radius 3 is 2.34 bits per heavy atom. The van der Waals surface area contributed by atoms with Gasteiger partial charge in [0.25, 0.3) is 5.91 Å². The molecule has 10 heteroatoms. The van der Waals surface area contributed by atoms with Crippen molar-refractivity contribution in [2.75, 3.05) is 23.5 Å². The fourth-order valence-electron chi connectivity index (χ4n) is 6.36. The van der Waals surface area contributed by atoms with E-state index in [-0.39, 0.29) is 17.5 Å². The summed E-state index contributed by atoms with van der Waals surface area (Å²) in [6.07, 6.45) is 8.90. The minimum absolute atomic E-state index is 0.158. The van der Waals surface area contributed by atoms with Crippen LogP contribution < -0.4 is 5.32 Å². The predicted octanol–water partition coefficient (Wildman–Crippen LogP) is 7.88. The van der Waals surface area contributed by atoms with E-state index in [9.17, 15) is 23.1 Å². The highest BCUT2D eigenvalue weighted by Gasteiger charge is 2.34. The van der Waals surface area contributed by atoms with Gasteiger partial charge in [0.15, 0.2) is 0 Å². The Labute approximate surface area is 289 Å². The van der Waals surface area contributed by atoms with E-state index in [0.717, 1.165) is 41.7 Å². The van der Waals surface area contributed by atoms with E-state index in [0.29, 0.717) is 35.0 Å². The van der Waals surface area contributed by atoms with Crippen molar-refractivity contribution in [3.63, 3.8) is 0 Å². The van der Waals surface area contributed by atoms with Gasteiger partial charge in [-0.1, -0.05) is 87.6 Å². The summed E-state index contributed by atoms with van der Waals surface area (Å²) in [4.78, 5) is 25.9. The molecule has 47 heavy (non-hydrogen) atoms. The van der Waals surface area contributed by atoms with Gasteiger partial charge in [0.1, 0.15) is 6.04 Å². The maximum absolute atomic E-state index is 14.4. The molecule has 1 saturated carbocycles. The zero-order valence-corrected chi connectivity index (χ0v) is 30.1. The second-order valence-corrected chi connectivity index (χ2v) is 16.5. The maximum atomic E-state index is 14.4. The predicted molar refractivity (Wildman–Crippen MR) is 196 cm³/mol. The first-order chi connectivity index (χ1) is 22.6. The molecule has 254 valence electrons. The van der Waals surface area contributed by atoms with Crippen molar-refractivity contribution in [3.05, 3.63) is 89.5 Å². The molecule has 3 aromatic rings. The van der Waals surface area contributed by atoms with Crippen LogP contribution in [0.4, 0.5) is 0 Å². The standard InChI is InChI=1S/C37H48N2O5S3/c1-4-46-26-30(23-28-14-7-5-8-15-28)39(47(43,44)31-16-9-6-10-17-31)25-29-19-20-33(34(24-29)32-18-12-11-13-27(32)2)36(40)38-35(37(41)42)21-22-45-3/h6,9-13,16-20,24,28,30,35H,4-5,7-8,14-15,21-23,25-26H2,1-3H3,(H,38,40)(H,41,42)/t30?,35-/m0/s1. The number of carboxylic acid groups (broad SMARTS) is 1. The molecule has 0 radical (unpaired) electrons. The van der Waals surface area contributed by atoms with Crippen LogP contribution in [0.3, 0.4) is 0 Å². The molecule has 0 aliphatic heterocycles. The van der Waals surface area contributed by atoms with Crippen molar-refractivity contribution in [1.29, 1.82) is 0 Å². The number of thioether (sulfide) groups is 2. The van der Waals surface area contributed by atoms with Gasteiger partial charge in [0, 0.05) is 23.9 Å². The number of hydrogen-bond acceptors (Lipinski definition) is 6. The molecule has 1 aliphatic carbocycles. The number of amides is 1. The number of benzene rings is 3. The first-order valence-corrected chi connectivity index (χ1v) is 20.5. The van der Waals surface area contributed by atoms with E-state index >= 15 is 0 Å². The first-order valence-electron chi connectivity index (χ1n) is 16.5. The molecule has 1 fully saturated rings. The lowest BCUT2D eigenvalue weighted by Gasteiger charge is -2.34. The summed E-state index contributed by atoms with van der Waals surface area (Å²) in [5.41, 5.74) is 3.58. The minimum atomic E-state index is -3.85. The molecule has 4 rings (SSSR count). The van der Waals surface area contributed by atoms with E-state index in [1.54, 1.807) is 46.4 Å². The highest BCUT2D eigenvalue weighted by Crippen LogP contribution is 2.34. The molecule has 2 atom stereocenters. The molecule has 1 aliphatic rings. The Bertz CT molecular complexity index is 1580. The van der Waals surface area contributed by atoms with Gasteiger partial charge in [-0.2, -0.15) is 27.8 Å². The highest BCUT2D eigenvalue weighted by atomic mass is 32.2. The van der Waals surface area contributed by atoms with Crippen molar-refractivity contribution in [3.8, 4) is 11.1 Å². The Morgan fingerprint density at radius 1 is 0.979 bits per heavy atom. The third-order valence-corrected chi connectivity index (χ3v) is 12.5. The molecule has 0 heterocycles. The Hall–Kier alpha value is -2.79. The molecule has 0 bridgehead atoms. The molecule has 7 nitrogen and oxygen atoms in total. The van der Waals surface area contributed by atoms with Crippen LogP contribution in [0.2, 0.25) is 0 Å². The van der Waals surface area contributed by atoms with Crippen LogP contribution in [-0.4, -0.2) is 65.3 Å². The summed E-state index contributed by atoms with van der Waals surface area (Å²) in [5.74, 6) is 1.16. The van der Waals surface area contributed by atoms with Crippen LogP contribution in [0.1, 0.15) is 73.4 Å². The van der Waals surface area contributed by atoms with Crippen LogP contribution in [0.25, 0.3) is 11.1 Å². The topological polar surface area (TPSA) is 104 Å². The second-order valence-electron chi connectivity index (χ2n) is 12.3. The van der Waals surface area contributed by atoms with Crippen molar-refractivity contribution in [2.45, 2.75) is 82.3 Å². The zero-order chi connectivity index (χ0) is 33.8. The number of aryl methyl sites for hydroxylation is 1. The minimum Gasteiger partial charge on any atom is -0.480 e. The molecule has 1 unspecified atom stereocenters. The Morgan fingerprint density at radius 2 is 1.68 bits per heavy atom. The lowest BCUT2D eigenvalue weighted by molar-refractivity contribution is -0.139. The number of carbonyl (C=O) groups is 2. The fourth-order valence-corrected chi connectivity index (χ4v) is 9.40. The summed E-state index contributed by atoms with van der Waals surface area (Å²) >= 11 is 3.30. The quantitative estimate of drug-likeness (QED) is 0.148. The molecule has 0 aromatic heterocycles. The third-order valence-electron chi connectivity index (χ3n) is 8.92. The molecule has 0 spiro atoms. The second kappa shape index (κ2) is 18.1. The van der Waals surface area contributed by atoms with Gasteiger partial charge in [-0.3, -0.25) is 4.79 Å². The first kappa shape index (κ1) is 37.0. The molecule has 1 amide bonds. The van der Waals surface area contributed by atoms with Gasteiger partial charge >= 0.3 is 5.97 Å². The Balaban J connectivity index is 1.78. The molecule has 2 N–H and O–H groups in total. The fraction of sp³-hybridized carbons (Fsp3) is 0.459. The van der Waals surface area contributed by atoms with Crippen LogP contribution in [0.5, 0.6) is 0 Å². The van der Waals surface area contributed by atoms with Gasteiger partial charge in [-0.25, -0.2) is 13.2 Å². The highest BCUT2D eigenvalue weighted by molar-refractivity contribution is 7.99. The average Bonchev–Trinajstić information content (AvgIpc) is 3.08. The van der Waals surface area contributed by atoms with E-state index in [4.69, 9.17) is 0 Å². The Kier molecular flexibility index (Phi) is 14.3. The van der Waals surface area contributed by atoms with Crippen molar-refractivity contribution in [2.24, 2.45) is 5.92 Å². The average molecular weight is 697 g/mol. The monoisotopic (exact) mass is 696 g/mol. The van der Waals surface area contributed by atoms with Crippen LogP contribution in [0, 0.1) is 12.8 Å². The van der Waals surface area contributed by atoms with Crippen molar-refractivity contribution >= 4 is 45.4 Å². The van der Waals surface area contributed by atoms with Crippen molar-refractivity contribution in [1.82, 2.24) is 9.62 Å². The van der Waals surface area contributed by atoms with Gasteiger partial charge < -0.3 is 10.4 Å². The number of hydrogen-bond donors (Lipinski definition) is 2. The van der Waals surface area contributed by atoms with Crippen molar-refractivity contribution < 1.29 is 23.1 Å². The number of aliphatic carboxylic acids is 1. The summed E-state index contributed by atoms with van der Waals surface area (Å²) in [7, 11) is -3.85. The van der Waals surface area contributed by atoms with E-state index in [2.05, 4.69) is 12.2 Å².